The molecule has 2 aromatic carbocycles. The van der Waals surface area contributed by atoms with Crippen LogP contribution in [0.3, 0.4) is 0 Å². The fourth-order valence-electron chi connectivity index (χ4n) is 2.46. The van der Waals surface area contributed by atoms with Crippen LogP contribution < -0.4 is 14.8 Å². The van der Waals surface area contributed by atoms with Crippen LogP contribution in [0.2, 0.25) is 0 Å². The summed E-state index contributed by atoms with van der Waals surface area (Å²) in [5.41, 5.74) is 1.21. The molecule has 7 heteroatoms. The molecule has 1 atom stereocenters. The number of hydrogen-bond donors (Lipinski definition) is 1. The van der Waals surface area contributed by atoms with Gasteiger partial charge in [-0.1, -0.05) is 23.4 Å². The number of amides is 1. The Kier molecular flexibility index (Phi) is 5.17. The zero-order chi connectivity index (χ0) is 18.5. The van der Waals surface area contributed by atoms with Gasteiger partial charge in [-0.25, -0.2) is 0 Å². The molecule has 0 aliphatic carbocycles. The number of carbonyl (C=O) groups is 1. The lowest BCUT2D eigenvalue weighted by Crippen LogP contribution is -2.26. The Bertz CT molecular complexity index is 907. The second-order valence-corrected chi connectivity index (χ2v) is 5.58. The molecule has 7 nitrogen and oxygen atoms in total. The van der Waals surface area contributed by atoms with Crippen molar-refractivity contribution in [1.29, 1.82) is 0 Å². The van der Waals surface area contributed by atoms with Crippen LogP contribution in [0.4, 0.5) is 0 Å². The third-order valence-corrected chi connectivity index (χ3v) is 3.84. The van der Waals surface area contributed by atoms with Crippen molar-refractivity contribution in [2.45, 2.75) is 13.0 Å². The summed E-state index contributed by atoms with van der Waals surface area (Å²) in [7, 11) is 3.13. The number of ether oxygens (including phenoxy) is 2. The van der Waals surface area contributed by atoms with Crippen molar-refractivity contribution in [3.63, 3.8) is 0 Å². The average molecular weight is 353 g/mol. The Labute approximate surface area is 150 Å². The smallest absolute Gasteiger partial charge is 0.252 e. The molecule has 1 unspecified atom stereocenters. The third kappa shape index (κ3) is 3.66. The van der Waals surface area contributed by atoms with Crippen LogP contribution in [0.15, 0.2) is 53.1 Å². The normalized spacial score (nSPS) is 11.7. The molecule has 0 aliphatic heterocycles. The van der Waals surface area contributed by atoms with E-state index in [0.29, 0.717) is 28.8 Å². The van der Waals surface area contributed by atoms with Crippen molar-refractivity contribution in [2.24, 2.45) is 0 Å². The van der Waals surface area contributed by atoms with Gasteiger partial charge in [0.1, 0.15) is 17.5 Å². The summed E-state index contributed by atoms with van der Waals surface area (Å²) in [4.78, 5) is 16.8. The molecule has 0 spiro atoms. The van der Waals surface area contributed by atoms with Crippen molar-refractivity contribution in [3.05, 3.63) is 60.0 Å². The number of aromatic nitrogens is 2. The monoisotopic (exact) mass is 353 g/mol. The lowest BCUT2D eigenvalue weighted by molar-refractivity contribution is 0.0932. The lowest BCUT2D eigenvalue weighted by atomic mass is 10.2. The summed E-state index contributed by atoms with van der Waals surface area (Å²) in [6, 6.07) is 13.8. The Hall–Kier alpha value is -3.35. The minimum absolute atomic E-state index is 0.256. The van der Waals surface area contributed by atoms with E-state index in [1.165, 1.54) is 0 Å². The number of para-hydroxylation sites is 1. The number of benzene rings is 2. The molecular weight excluding hydrogens is 334 g/mol. The van der Waals surface area contributed by atoms with Gasteiger partial charge in [-0.05, 0) is 37.3 Å². The van der Waals surface area contributed by atoms with Gasteiger partial charge in [0.2, 0.25) is 11.7 Å². The van der Waals surface area contributed by atoms with E-state index in [2.05, 4.69) is 15.5 Å². The van der Waals surface area contributed by atoms with Gasteiger partial charge < -0.3 is 19.3 Å². The first-order valence-corrected chi connectivity index (χ1v) is 8.04. The van der Waals surface area contributed by atoms with E-state index in [1.807, 2.05) is 24.3 Å². The highest BCUT2D eigenvalue weighted by Crippen LogP contribution is 2.28. The zero-order valence-electron chi connectivity index (χ0n) is 14.7. The van der Waals surface area contributed by atoms with Crippen molar-refractivity contribution < 1.29 is 18.8 Å². The highest BCUT2D eigenvalue weighted by Gasteiger charge is 2.19. The first-order valence-electron chi connectivity index (χ1n) is 8.04. The summed E-state index contributed by atoms with van der Waals surface area (Å²) >= 11 is 0. The van der Waals surface area contributed by atoms with E-state index >= 15 is 0 Å². The predicted octanol–water partition coefficient (Wildman–Crippen LogP) is 3.24. The van der Waals surface area contributed by atoms with E-state index in [4.69, 9.17) is 14.0 Å². The number of nitrogens with zero attached hydrogens (tertiary/aromatic N) is 2. The first-order chi connectivity index (χ1) is 12.6. The summed E-state index contributed by atoms with van der Waals surface area (Å²) in [6.45, 7) is 1.78. The predicted molar refractivity (Wildman–Crippen MR) is 95.2 cm³/mol. The van der Waals surface area contributed by atoms with E-state index < -0.39 is 6.04 Å². The van der Waals surface area contributed by atoms with Crippen LogP contribution in [0, 0.1) is 0 Å². The van der Waals surface area contributed by atoms with E-state index in [-0.39, 0.29) is 5.91 Å². The molecule has 134 valence electrons. The quantitative estimate of drug-likeness (QED) is 0.732. The van der Waals surface area contributed by atoms with Crippen molar-refractivity contribution >= 4 is 5.91 Å². The van der Waals surface area contributed by atoms with Crippen LogP contribution >= 0.6 is 0 Å². The molecular formula is C19H19N3O4. The van der Waals surface area contributed by atoms with E-state index in [9.17, 15) is 4.79 Å². The minimum Gasteiger partial charge on any atom is -0.497 e. The first kappa shape index (κ1) is 17.5. The van der Waals surface area contributed by atoms with Gasteiger partial charge in [0.05, 0.1) is 19.8 Å². The van der Waals surface area contributed by atoms with E-state index in [0.717, 1.165) is 5.56 Å². The van der Waals surface area contributed by atoms with Gasteiger partial charge in [0.25, 0.3) is 5.91 Å². The number of nitrogens with one attached hydrogen (secondary N) is 1. The fourth-order valence-corrected chi connectivity index (χ4v) is 2.46. The largest absolute Gasteiger partial charge is 0.497 e. The van der Waals surface area contributed by atoms with Crippen LogP contribution in [-0.2, 0) is 0 Å². The maximum Gasteiger partial charge on any atom is 0.252 e. The van der Waals surface area contributed by atoms with Crippen LogP contribution in [0.1, 0.15) is 29.2 Å². The summed E-state index contributed by atoms with van der Waals surface area (Å²) in [6.07, 6.45) is 0. The Morgan fingerprint density at radius 2 is 1.92 bits per heavy atom. The Morgan fingerprint density at radius 1 is 1.12 bits per heavy atom. The molecule has 26 heavy (non-hydrogen) atoms. The van der Waals surface area contributed by atoms with Crippen LogP contribution in [0.25, 0.3) is 11.4 Å². The molecule has 1 heterocycles. The SMILES string of the molecule is COc1cccc(C(=O)NC(C)c2nc(-c3ccccc3OC)no2)c1. The summed E-state index contributed by atoms with van der Waals surface area (Å²) in [5.74, 6) is 1.71. The second kappa shape index (κ2) is 7.69. The highest BCUT2D eigenvalue weighted by molar-refractivity contribution is 5.94. The highest BCUT2D eigenvalue weighted by atomic mass is 16.5. The Balaban J connectivity index is 1.75. The van der Waals surface area contributed by atoms with Gasteiger partial charge in [-0.15, -0.1) is 0 Å². The van der Waals surface area contributed by atoms with Gasteiger partial charge in [-0.2, -0.15) is 4.98 Å². The topological polar surface area (TPSA) is 86.5 Å². The molecule has 0 aliphatic rings. The van der Waals surface area contributed by atoms with Crippen LogP contribution in [-0.4, -0.2) is 30.3 Å². The maximum atomic E-state index is 12.4. The van der Waals surface area contributed by atoms with Crippen LogP contribution in [0.5, 0.6) is 11.5 Å². The second-order valence-electron chi connectivity index (χ2n) is 5.58. The standard InChI is InChI=1S/C19H19N3O4/c1-12(20-18(23)13-7-6-8-14(11-13)24-2)19-21-17(22-26-19)15-9-4-5-10-16(15)25-3/h4-12H,1-3H3,(H,20,23). The summed E-state index contributed by atoms with van der Waals surface area (Å²) in [5, 5.41) is 6.82. The molecule has 1 amide bonds. The number of methoxy groups -OCH3 is 2. The molecule has 0 fully saturated rings. The van der Waals surface area contributed by atoms with E-state index in [1.54, 1.807) is 45.4 Å². The molecule has 0 saturated heterocycles. The molecule has 0 radical (unpaired) electrons. The molecule has 0 bridgehead atoms. The molecule has 1 aromatic heterocycles. The fraction of sp³-hybridized carbons (Fsp3) is 0.211. The van der Waals surface area contributed by atoms with Gasteiger partial charge in [0, 0.05) is 5.56 Å². The molecule has 3 aromatic rings. The minimum atomic E-state index is -0.454. The molecule has 1 N–H and O–H groups in total. The van der Waals surface area contributed by atoms with Crippen molar-refractivity contribution in [2.75, 3.05) is 14.2 Å². The molecule has 0 saturated carbocycles. The number of hydrogen-bond acceptors (Lipinski definition) is 6. The third-order valence-electron chi connectivity index (χ3n) is 3.84. The van der Waals surface area contributed by atoms with Crippen molar-refractivity contribution in [1.82, 2.24) is 15.5 Å². The Morgan fingerprint density at radius 3 is 2.69 bits per heavy atom. The van der Waals surface area contributed by atoms with Gasteiger partial charge in [0.15, 0.2) is 0 Å². The van der Waals surface area contributed by atoms with Crippen molar-refractivity contribution in [3.8, 4) is 22.9 Å². The summed E-state index contributed by atoms with van der Waals surface area (Å²) < 4.78 is 15.8. The zero-order valence-corrected chi connectivity index (χ0v) is 14.7. The lowest BCUT2D eigenvalue weighted by Gasteiger charge is -2.10. The maximum absolute atomic E-state index is 12.4. The van der Waals surface area contributed by atoms with Gasteiger partial charge in [-0.3, -0.25) is 4.79 Å². The average Bonchev–Trinajstić information content (AvgIpc) is 3.18. The number of rotatable bonds is 6. The molecule has 3 rings (SSSR count). The van der Waals surface area contributed by atoms with Gasteiger partial charge >= 0.3 is 0 Å². The number of carbonyl (C=O) groups excluding carboxylic acids is 1.